The van der Waals surface area contributed by atoms with Gasteiger partial charge in [-0.25, -0.2) is 0 Å². The highest BCUT2D eigenvalue weighted by Gasteiger charge is 2.13. The van der Waals surface area contributed by atoms with E-state index in [1.165, 1.54) is 16.7 Å². The molecule has 1 nitrogen and oxygen atoms in total. The summed E-state index contributed by atoms with van der Waals surface area (Å²) in [5, 5.41) is 0. The zero-order valence-electron chi connectivity index (χ0n) is 12.8. The van der Waals surface area contributed by atoms with E-state index in [1.807, 2.05) is 32.0 Å². The first kappa shape index (κ1) is 14.5. The van der Waals surface area contributed by atoms with Crippen LogP contribution in [-0.4, -0.2) is 5.78 Å². The molecule has 0 amide bonds. The van der Waals surface area contributed by atoms with Crippen molar-refractivity contribution >= 4 is 5.78 Å². The lowest BCUT2D eigenvalue weighted by Gasteiger charge is -2.10. The Labute approximate surface area is 121 Å². The lowest BCUT2D eigenvalue weighted by atomic mass is 9.93. The number of hydrogen-bond acceptors (Lipinski definition) is 1. The van der Waals surface area contributed by atoms with E-state index in [-0.39, 0.29) is 5.78 Å². The van der Waals surface area contributed by atoms with Crippen LogP contribution in [0.3, 0.4) is 0 Å². The van der Waals surface area contributed by atoms with Gasteiger partial charge in [-0.2, -0.15) is 0 Å². The van der Waals surface area contributed by atoms with E-state index in [0.717, 1.165) is 29.5 Å². The number of hydrogen-bond donors (Lipinski definition) is 0. The molecule has 104 valence electrons. The molecular formula is C19H22O. The number of benzene rings is 2. The molecule has 0 aliphatic rings. The van der Waals surface area contributed by atoms with Crippen molar-refractivity contribution in [3.05, 3.63) is 69.8 Å². The van der Waals surface area contributed by atoms with Crippen molar-refractivity contribution in [3.63, 3.8) is 0 Å². The molecule has 0 aromatic heterocycles. The van der Waals surface area contributed by atoms with Crippen LogP contribution in [0.1, 0.15) is 52.0 Å². The molecule has 0 saturated carbocycles. The molecule has 0 N–H and O–H groups in total. The van der Waals surface area contributed by atoms with Crippen LogP contribution in [0.5, 0.6) is 0 Å². The molecule has 0 aliphatic carbocycles. The highest BCUT2D eigenvalue weighted by molar-refractivity contribution is 6.10. The van der Waals surface area contributed by atoms with Crippen LogP contribution >= 0.6 is 0 Å². The van der Waals surface area contributed by atoms with Gasteiger partial charge < -0.3 is 0 Å². The lowest BCUT2D eigenvalue weighted by Crippen LogP contribution is -2.05. The van der Waals surface area contributed by atoms with Gasteiger partial charge in [0, 0.05) is 11.1 Å². The molecule has 0 radical (unpaired) electrons. The Morgan fingerprint density at radius 1 is 0.900 bits per heavy atom. The van der Waals surface area contributed by atoms with E-state index in [1.54, 1.807) is 0 Å². The molecule has 0 saturated heterocycles. The van der Waals surface area contributed by atoms with Gasteiger partial charge in [-0.1, -0.05) is 49.7 Å². The van der Waals surface area contributed by atoms with E-state index in [2.05, 4.69) is 32.0 Å². The second kappa shape index (κ2) is 6.04. The van der Waals surface area contributed by atoms with Crippen LogP contribution in [-0.2, 0) is 12.8 Å². The predicted octanol–water partition coefficient (Wildman–Crippen LogP) is 4.66. The third-order valence-electron chi connectivity index (χ3n) is 3.86. The van der Waals surface area contributed by atoms with E-state index in [9.17, 15) is 4.79 Å². The maximum Gasteiger partial charge on any atom is 0.193 e. The topological polar surface area (TPSA) is 17.1 Å². The van der Waals surface area contributed by atoms with Crippen LogP contribution < -0.4 is 0 Å². The summed E-state index contributed by atoms with van der Waals surface area (Å²) in [7, 11) is 0. The minimum atomic E-state index is 0.125. The number of rotatable bonds is 4. The zero-order valence-corrected chi connectivity index (χ0v) is 12.8. The molecule has 0 fully saturated rings. The van der Waals surface area contributed by atoms with Crippen LogP contribution in [0.2, 0.25) is 0 Å². The highest BCUT2D eigenvalue weighted by atomic mass is 16.1. The van der Waals surface area contributed by atoms with Crippen LogP contribution in [0.25, 0.3) is 0 Å². The van der Waals surface area contributed by atoms with Crippen LogP contribution in [0, 0.1) is 13.8 Å². The Bertz CT molecular complexity index is 638. The molecule has 0 bridgehead atoms. The van der Waals surface area contributed by atoms with Crippen molar-refractivity contribution < 1.29 is 4.79 Å². The smallest absolute Gasteiger partial charge is 0.193 e. The quantitative estimate of drug-likeness (QED) is 0.736. The maximum absolute atomic E-state index is 12.6. The monoisotopic (exact) mass is 266 g/mol. The van der Waals surface area contributed by atoms with Crippen molar-refractivity contribution in [2.24, 2.45) is 0 Å². The second-order valence-corrected chi connectivity index (χ2v) is 5.34. The molecule has 2 aromatic carbocycles. The van der Waals surface area contributed by atoms with Gasteiger partial charge in [0.05, 0.1) is 0 Å². The zero-order chi connectivity index (χ0) is 14.7. The minimum Gasteiger partial charge on any atom is -0.289 e. The molecule has 2 aromatic rings. The fraction of sp³-hybridized carbons (Fsp3) is 0.316. The standard InChI is InChI=1S/C19H22O/c1-5-15-8-9-17(12-16(15)6-2)19(20)18-10-7-13(3)11-14(18)4/h7-12H,5-6H2,1-4H3. The van der Waals surface area contributed by atoms with E-state index in [4.69, 9.17) is 0 Å². The second-order valence-electron chi connectivity index (χ2n) is 5.34. The largest absolute Gasteiger partial charge is 0.289 e. The van der Waals surface area contributed by atoms with Gasteiger partial charge in [-0.3, -0.25) is 4.79 Å². The summed E-state index contributed by atoms with van der Waals surface area (Å²) in [4.78, 5) is 12.6. The Morgan fingerprint density at radius 3 is 2.20 bits per heavy atom. The minimum absolute atomic E-state index is 0.125. The number of carbonyl (C=O) groups is 1. The first-order valence-corrected chi connectivity index (χ1v) is 7.30. The molecular weight excluding hydrogens is 244 g/mol. The Morgan fingerprint density at radius 2 is 1.60 bits per heavy atom. The van der Waals surface area contributed by atoms with Gasteiger partial charge >= 0.3 is 0 Å². The summed E-state index contributed by atoms with van der Waals surface area (Å²) >= 11 is 0. The normalized spacial score (nSPS) is 10.6. The SMILES string of the molecule is CCc1ccc(C(=O)c2ccc(C)cc2C)cc1CC. The lowest BCUT2D eigenvalue weighted by molar-refractivity contribution is 0.103. The Kier molecular flexibility index (Phi) is 4.39. The first-order valence-electron chi connectivity index (χ1n) is 7.30. The van der Waals surface area contributed by atoms with E-state index >= 15 is 0 Å². The van der Waals surface area contributed by atoms with E-state index < -0.39 is 0 Å². The third kappa shape index (κ3) is 2.82. The molecule has 0 spiro atoms. The fourth-order valence-electron chi connectivity index (χ4n) is 2.67. The summed E-state index contributed by atoms with van der Waals surface area (Å²) < 4.78 is 0. The van der Waals surface area contributed by atoms with Gasteiger partial charge in [0.25, 0.3) is 0 Å². The highest BCUT2D eigenvalue weighted by Crippen LogP contribution is 2.19. The van der Waals surface area contributed by atoms with Crippen molar-refractivity contribution in [3.8, 4) is 0 Å². The molecule has 0 heterocycles. The van der Waals surface area contributed by atoms with Gasteiger partial charge in [-0.05, 0) is 49.4 Å². The van der Waals surface area contributed by atoms with Gasteiger partial charge in [0.2, 0.25) is 0 Å². The van der Waals surface area contributed by atoms with Crippen molar-refractivity contribution in [1.29, 1.82) is 0 Å². The van der Waals surface area contributed by atoms with Gasteiger partial charge in [0.1, 0.15) is 0 Å². The maximum atomic E-state index is 12.6. The first-order chi connectivity index (χ1) is 9.56. The average molecular weight is 266 g/mol. The number of carbonyl (C=O) groups excluding carboxylic acids is 1. The molecule has 0 aliphatic heterocycles. The van der Waals surface area contributed by atoms with Gasteiger partial charge in [0.15, 0.2) is 5.78 Å². The molecule has 1 heteroatoms. The molecule has 20 heavy (non-hydrogen) atoms. The van der Waals surface area contributed by atoms with Crippen LogP contribution in [0.15, 0.2) is 36.4 Å². The van der Waals surface area contributed by atoms with Gasteiger partial charge in [-0.15, -0.1) is 0 Å². The molecule has 2 rings (SSSR count). The summed E-state index contributed by atoms with van der Waals surface area (Å²) in [6, 6.07) is 12.1. The van der Waals surface area contributed by atoms with Crippen molar-refractivity contribution in [1.82, 2.24) is 0 Å². The van der Waals surface area contributed by atoms with Crippen molar-refractivity contribution in [2.75, 3.05) is 0 Å². The summed E-state index contributed by atoms with van der Waals surface area (Å²) in [6.45, 7) is 8.34. The third-order valence-corrected chi connectivity index (χ3v) is 3.86. The van der Waals surface area contributed by atoms with E-state index in [0.29, 0.717) is 0 Å². The molecule has 0 unspecified atom stereocenters. The summed E-state index contributed by atoms with van der Waals surface area (Å²) in [5.41, 5.74) is 6.46. The molecule has 0 atom stereocenters. The fourth-order valence-corrected chi connectivity index (χ4v) is 2.67. The number of ketones is 1. The summed E-state index contributed by atoms with van der Waals surface area (Å²) in [5.74, 6) is 0.125. The Balaban J connectivity index is 2.43. The number of aryl methyl sites for hydroxylation is 4. The average Bonchev–Trinajstić information content (AvgIpc) is 2.45. The van der Waals surface area contributed by atoms with Crippen LogP contribution in [0.4, 0.5) is 0 Å². The predicted molar refractivity (Wildman–Crippen MR) is 84.5 cm³/mol. The Hall–Kier alpha value is -1.89. The summed E-state index contributed by atoms with van der Waals surface area (Å²) in [6.07, 6.45) is 1.98. The van der Waals surface area contributed by atoms with Crippen molar-refractivity contribution in [2.45, 2.75) is 40.5 Å².